The van der Waals surface area contributed by atoms with Gasteiger partial charge >= 0.3 is 0 Å². The molecule has 0 saturated heterocycles. The molecule has 0 bridgehead atoms. The number of halogens is 1. The molecule has 0 aromatic heterocycles. The topological polar surface area (TPSA) is 33.0 Å². The van der Waals surface area contributed by atoms with Crippen LogP contribution in [0.2, 0.25) is 0 Å². The molecule has 0 radical (unpaired) electrons. The molecule has 0 N–H and O–H groups in total. The third kappa shape index (κ3) is 4.80. The summed E-state index contributed by atoms with van der Waals surface area (Å²) in [6, 6.07) is 15.7. The molecule has 2 aromatic carbocycles. The Labute approximate surface area is 128 Å². The minimum Gasteiger partial charge on any atom is -0.493 e. The Bertz CT molecular complexity index is 604. The fourth-order valence-electron chi connectivity index (χ4n) is 1.84. The van der Waals surface area contributed by atoms with Crippen molar-refractivity contribution in [3.63, 3.8) is 0 Å². The molecule has 0 heterocycles. The van der Waals surface area contributed by atoms with Gasteiger partial charge in [-0.15, -0.1) is 0 Å². The standard InChI is InChI=1S/C17H16FNOS/c1-13(15-4-6-16(18)7-5-15)21-11-10-20-17-8-2-14(12-19)3-9-17/h2-9,13H,10-11H2,1H3. The second-order valence-corrected chi connectivity index (χ2v) is 6.00. The Kier molecular flexibility index (Phi) is 5.65. The van der Waals surface area contributed by atoms with Crippen LogP contribution in [0.5, 0.6) is 5.75 Å². The molecular weight excluding hydrogens is 285 g/mol. The van der Waals surface area contributed by atoms with Crippen LogP contribution in [0.1, 0.15) is 23.3 Å². The van der Waals surface area contributed by atoms with E-state index in [1.807, 2.05) is 12.1 Å². The van der Waals surface area contributed by atoms with Crippen LogP contribution in [-0.2, 0) is 0 Å². The number of thioether (sulfide) groups is 1. The number of ether oxygens (including phenoxy) is 1. The SMILES string of the molecule is CC(SCCOc1ccc(C#N)cc1)c1ccc(F)cc1. The number of hydrogen-bond donors (Lipinski definition) is 0. The van der Waals surface area contributed by atoms with E-state index in [1.54, 1.807) is 36.0 Å². The quantitative estimate of drug-likeness (QED) is 0.733. The van der Waals surface area contributed by atoms with E-state index >= 15 is 0 Å². The molecule has 2 rings (SSSR count). The summed E-state index contributed by atoms with van der Waals surface area (Å²) in [5.41, 5.74) is 1.74. The maximum atomic E-state index is 12.9. The van der Waals surface area contributed by atoms with Crippen molar-refractivity contribution in [1.29, 1.82) is 5.26 Å². The monoisotopic (exact) mass is 301 g/mol. The number of rotatable bonds is 6. The molecule has 1 atom stereocenters. The predicted octanol–water partition coefficient (Wildman–Crippen LogP) is 4.57. The van der Waals surface area contributed by atoms with Crippen molar-refractivity contribution < 1.29 is 9.13 Å². The molecule has 0 amide bonds. The first-order valence-electron chi connectivity index (χ1n) is 6.69. The van der Waals surface area contributed by atoms with Crippen molar-refractivity contribution in [2.24, 2.45) is 0 Å². The first kappa shape index (κ1) is 15.4. The molecule has 0 saturated carbocycles. The van der Waals surface area contributed by atoms with E-state index in [0.29, 0.717) is 17.4 Å². The molecule has 0 aliphatic rings. The number of benzene rings is 2. The molecule has 108 valence electrons. The second-order valence-electron chi connectivity index (χ2n) is 4.55. The maximum Gasteiger partial charge on any atom is 0.123 e. The highest BCUT2D eigenvalue weighted by atomic mass is 32.2. The summed E-state index contributed by atoms with van der Waals surface area (Å²) >= 11 is 1.76. The summed E-state index contributed by atoms with van der Waals surface area (Å²) < 4.78 is 18.5. The van der Waals surface area contributed by atoms with Crippen molar-refractivity contribution in [3.05, 3.63) is 65.5 Å². The highest BCUT2D eigenvalue weighted by molar-refractivity contribution is 7.99. The van der Waals surface area contributed by atoms with Gasteiger partial charge < -0.3 is 4.74 Å². The third-order valence-electron chi connectivity index (χ3n) is 3.04. The van der Waals surface area contributed by atoms with Gasteiger partial charge in [0.05, 0.1) is 18.2 Å². The predicted molar refractivity (Wildman–Crippen MR) is 83.9 cm³/mol. The Hall–Kier alpha value is -1.99. The summed E-state index contributed by atoms with van der Waals surface area (Å²) in [4.78, 5) is 0. The molecule has 0 fully saturated rings. The van der Waals surface area contributed by atoms with E-state index in [0.717, 1.165) is 17.1 Å². The molecule has 0 spiro atoms. The second kappa shape index (κ2) is 7.70. The van der Waals surface area contributed by atoms with Crippen molar-refractivity contribution in [3.8, 4) is 11.8 Å². The highest BCUT2D eigenvalue weighted by Crippen LogP contribution is 2.28. The van der Waals surface area contributed by atoms with Gasteiger partial charge in [0.2, 0.25) is 0 Å². The average molecular weight is 301 g/mol. The minimum atomic E-state index is -0.208. The van der Waals surface area contributed by atoms with Gasteiger partial charge in [0.1, 0.15) is 11.6 Å². The van der Waals surface area contributed by atoms with Crippen molar-refractivity contribution in [1.82, 2.24) is 0 Å². The van der Waals surface area contributed by atoms with E-state index in [9.17, 15) is 4.39 Å². The lowest BCUT2D eigenvalue weighted by molar-refractivity contribution is 0.344. The molecule has 21 heavy (non-hydrogen) atoms. The molecule has 0 aliphatic carbocycles. The number of nitriles is 1. The van der Waals surface area contributed by atoms with Crippen molar-refractivity contribution >= 4 is 11.8 Å². The molecule has 2 aromatic rings. The molecule has 2 nitrogen and oxygen atoms in total. The summed E-state index contributed by atoms with van der Waals surface area (Å²) in [5.74, 6) is 1.41. The van der Waals surface area contributed by atoms with Gasteiger partial charge in [-0.25, -0.2) is 4.39 Å². The largest absolute Gasteiger partial charge is 0.493 e. The van der Waals surface area contributed by atoms with Gasteiger partial charge in [-0.05, 0) is 48.9 Å². The van der Waals surface area contributed by atoms with Crippen LogP contribution in [0.15, 0.2) is 48.5 Å². The molecule has 0 aliphatic heterocycles. The van der Waals surface area contributed by atoms with Crippen molar-refractivity contribution in [2.75, 3.05) is 12.4 Å². The number of nitrogens with zero attached hydrogens (tertiary/aromatic N) is 1. The smallest absolute Gasteiger partial charge is 0.123 e. The van der Waals surface area contributed by atoms with Crippen LogP contribution >= 0.6 is 11.8 Å². The fourth-order valence-corrected chi connectivity index (χ4v) is 2.72. The summed E-state index contributed by atoms with van der Waals surface area (Å²) in [6.45, 7) is 2.70. The lowest BCUT2D eigenvalue weighted by Gasteiger charge is -2.12. The van der Waals surface area contributed by atoms with E-state index < -0.39 is 0 Å². The van der Waals surface area contributed by atoms with Gasteiger partial charge in [0.15, 0.2) is 0 Å². The van der Waals surface area contributed by atoms with E-state index in [4.69, 9.17) is 10.00 Å². The summed E-state index contributed by atoms with van der Waals surface area (Å²) in [7, 11) is 0. The molecule has 1 unspecified atom stereocenters. The lowest BCUT2D eigenvalue weighted by atomic mass is 10.2. The van der Waals surface area contributed by atoms with Crippen LogP contribution in [0, 0.1) is 17.1 Å². The van der Waals surface area contributed by atoms with Gasteiger partial charge in [-0.1, -0.05) is 12.1 Å². The van der Waals surface area contributed by atoms with Gasteiger partial charge in [-0.3, -0.25) is 0 Å². The minimum absolute atomic E-state index is 0.208. The lowest BCUT2D eigenvalue weighted by Crippen LogP contribution is -2.02. The zero-order valence-electron chi connectivity index (χ0n) is 11.8. The normalized spacial score (nSPS) is 11.7. The zero-order valence-corrected chi connectivity index (χ0v) is 12.6. The highest BCUT2D eigenvalue weighted by Gasteiger charge is 2.06. The Morgan fingerprint density at radius 3 is 2.43 bits per heavy atom. The van der Waals surface area contributed by atoms with Crippen LogP contribution in [-0.4, -0.2) is 12.4 Å². The Morgan fingerprint density at radius 2 is 1.81 bits per heavy atom. The van der Waals surface area contributed by atoms with Crippen LogP contribution in [0.3, 0.4) is 0 Å². The summed E-state index contributed by atoms with van der Waals surface area (Å²) in [5, 5.41) is 9.01. The van der Waals surface area contributed by atoms with Crippen LogP contribution in [0.4, 0.5) is 4.39 Å². The Morgan fingerprint density at radius 1 is 1.14 bits per heavy atom. The number of hydrogen-bond acceptors (Lipinski definition) is 3. The summed E-state index contributed by atoms with van der Waals surface area (Å²) in [6.07, 6.45) is 0. The first-order valence-corrected chi connectivity index (χ1v) is 7.74. The first-order chi connectivity index (χ1) is 10.2. The maximum absolute atomic E-state index is 12.9. The van der Waals surface area contributed by atoms with Crippen molar-refractivity contribution in [2.45, 2.75) is 12.2 Å². The average Bonchev–Trinajstić information content (AvgIpc) is 2.52. The van der Waals surface area contributed by atoms with Gasteiger partial charge in [0.25, 0.3) is 0 Å². The van der Waals surface area contributed by atoms with E-state index in [-0.39, 0.29) is 5.82 Å². The molecular formula is C17H16FNOS. The van der Waals surface area contributed by atoms with Gasteiger partial charge in [-0.2, -0.15) is 17.0 Å². The third-order valence-corrected chi connectivity index (χ3v) is 4.22. The van der Waals surface area contributed by atoms with Gasteiger partial charge in [0, 0.05) is 11.0 Å². The zero-order chi connectivity index (χ0) is 15.1. The van der Waals surface area contributed by atoms with Crippen LogP contribution < -0.4 is 4.74 Å². The van der Waals surface area contributed by atoms with E-state index in [1.165, 1.54) is 12.1 Å². The Balaban J connectivity index is 1.73. The fraction of sp³-hybridized carbons (Fsp3) is 0.235. The van der Waals surface area contributed by atoms with E-state index in [2.05, 4.69) is 13.0 Å². The van der Waals surface area contributed by atoms with Crippen LogP contribution in [0.25, 0.3) is 0 Å². The molecule has 4 heteroatoms.